The minimum atomic E-state index is -0.208. The van der Waals surface area contributed by atoms with Crippen LogP contribution in [0.2, 0.25) is 0 Å². The van der Waals surface area contributed by atoms with E-state index in [1.54, 1.807) is 0 Å². The first-order chi connectivity index (χ1) is 38.8. The average Bonchev–Trinajstić information content (AvgIpc) is 1.52. The molecular weight excluding hydrogens is 994 g/mol. The molecule has 0 spiro atoms. The molecule has 4 aliphatic rings. The smallest absolute Gasteiger partial charge is 0.333 e. The molecule has 4 nitrogen and oxygen atoms in total. The Morgan fingerprint density at radius 2 is 1.00 bits per heavy atom. The third kappa shape index (κ3) is 8.06. The fraction of sp³-hybridized carbons (Fsp3) is 0.325. The maximum atomic E-state index is 6.89. The number of rotatable bonds is 5. The summed E-state index contributed by atoms with van der Waals surface area (Å²) in [5.41, 5.74) is 26.2. The first kappa shape index (κ1) is 52.6. The normalized spacial score (nSPS) is 17.3. The second-order valence-electron chi connectivity index (χ2n) is 29.6. The van der Waals surface area contributed by atoms with Gasteiger partial charge >= 0.3 is 6.85 Å². The van der Waals surface area contributed by atoms with E-state index in [-0.39, 0.29) is 39.3 Å². The van der Waals surface area contributed by atoms with Crippen LogP contribution in [0.25, 0.3) is 43.8 Å². The molecule has 1 aromatic heterocycles. The predicted molar refractivity (Wildman–Crippen MR) is 352 cm³/mol. The van der Waals surface area contributed by atoms with E-state index in [1.165, 1.54) is 94.5 Å². The molecule has 5 heteroatoms. The molecule has 82 heavy (non-hydrogen) atoms. The van der Waals surface area contributed by atoms with Crippen molar-refractivity contribution in [3.8, 4) is 11.1 Å². The van der Waals surface area contributed by atoms with E-state index in [4.69, 9.17) is 4.42 Å². The molecule has 2 aliphatic carbocycles. The summed E-state index contributed by atoms with van der Waals surface area (Å²) < 4.78 is 6.89. The van der Waals surface area contributed by atoms with Gasteiger partial charge in [-0.15, -0.1) is 0 Å². The zero-order valence-electron chi connectivity index (χ0n) is 51.2. The number of hydrogen-bond acceptors (Lipinski definition) is 4. The molecule has 3 heterocycles. The lowest BCUT2D eigenvalue weighted by Gasteiger charge is -2.48. The van der Waals surface area contributed by atoms with Crippen LogP contribution in [0.15, 0.2) is 168 Å². The van der Waals surface area contributed by atoms with Crippen LogP contribution in [0.4, 0.5) is 45.5 Å². The summed E-state index contributed by atoms with van der Waals surface area (Å²) in [5.74, 6) is 0. The molecule has 0 radical (unpaired) electrons. The Morgan fingerprint density at radius 1 is 0.451 bits per heavy atom. The van der Waals surface area contributed by atoms with Gasteiger partial charge in [-0.25, -0.2) is 0 Å². The van der Waals surface area contributed by atoms with Crippen molar-refractivity contribution >= 4 is 96.0 Å². The molecule has 9 aromatic carbocycles. The van der Waals surface area contributed by atoms with Gasteiger partial charge < -0.3 is 19.0 Å². The number of nitrogens with zero attached hydrogens (tertiary/aromatic N) is 3. The Kier molecular flexibility index (Phi) is 11.4. The molecule has 2 aliphatic heterocycles. The van der Waals surface area contributed by atoms with Crippen molar-refractivity contribution in [3.05, 3.63) is 203 Å². The molecule has 0 fully saturated rings. The highest BCUT2D eigenvalue weighted by atomic mass is 16.3. The number of benzene rings is 9. The van der Waals surface area contributed by atoms with Crippen molar-refractivity contribution in [3.63, 3.8) is 0 Å². The van der Waals surface area contributed by atoms with Crippen LogP contribution in [0.3, 0.4) is 0 Å². The van der Waals surface area contributed by atoms with Crippen molar-refractivity contribution in [1.29, 1.82) is 0 Å². The molecule has 0 bridgehead atoms. The van der Waals surface area contributed by atoms with Gasteiger partial charge in [0.05, 0.1) is 5.69 Å². The van der Waals surface area contributed by atoms with Crippen LogP contribution >= 0.6 is 0 Å². The Morgan fingerprint density at radius 3 is 1.62 bits per heavy atom. The van der Waals surface area contributed by atoms with Gasteiger partial charge in [0.1, 0.15) is 11.2 Å². The molecule has 0 atom stereocenters. The first-order valence-electron chi connectivity index (χ1n) is 30.4. The molecule has 412 valence electrons. The summed E-state index contributed by atoms with van der Waals surface area (Å²) in [7, 11) is 0. The zero-order valence-corrected chi connectivity index (χ0v) is 51.2. The SMILES string of the molecule is Cc1cc2c(cc1N1c3cc(N(c4ccc(C(C)(C)C)cc4)c4ccc(C(C)(C)C)cc4)ccc3B3c4c(cc5ccccc5c41)-c1cc4c(cc1N3c1ccc3c(c1)C(C)(C)CCC3(C)C)oc1ccccc14)C(C)(C)CCC2(C)C. The van der Waals surface area contributed by atoms with Crippen LogP contribution in [0.1, 0.15) is 162 Å². The minimum absolute atomic E-state index is 0.00353. The Balaban J connectivity index is 1.11. The third-order valence-corrected chi connectivity index (χ3v) is 20.2. The maximum Gasteiger partial charge on any atom is 0.333 e. The average molecular weight is 1070 g/mol. The van der Waals surface area contributed by atoms with Crippen LogP contribution in [0, 0.1) is 6.92 Å². The van der Waals surface area contributed by atoms with Crippen LogP contribution < -0.4 is 25.5 Å². The molecule has 0 saturated carbocycles. The summed E-state index contributed by atoms with van der Waals surface area (Å²) in [6, 6.07) is 63.9. The number of anilines is 8. The van der Waals surface area contributed by atoms with E-state index in [9.17, 15) is 0 Å². The van der Waals surface area contributed by atoms with Gasteiger partial charge in [0.25, 0.3) is 0 Å². The Hall–Kier alpha value is -7.50. The fourth-order valence-electron chi connectivity index (χ4n) is 14.9. The molecule has 0 unspecified atom stereocenters. The van der Waals surface area contributed by atoms with Gasteiger partial charge in [-0.1, -0.05) is 182 Å². The second-order valence-corrected chi connectivity index (χ2v) is 29.6. The summed E-state index contributed by atoms with van der Waals surface area (Å²) >= 11 is 0. The summed E-state index contributed by atoms with van der Waals surface area (Å²) in [4.78, 5) is 7.93. The van der Waals surface area contributed by atoms with E-state index in [0.29, 0.717) is 0 Å². The van der Waals surface area contributed by atoms with E-state index in [1.807, 2.05) is 0 Å². The van der Waals surface area contributed by atoms with Gasteiger partial charge in [-0.05, 0) is 199 Å². The van der Waals surface area contributed by atoms with Crippen LogP contribution in [0.5, 0.6) is 0 Å². The van der Waals surface area contributed by atoms with Crippen molar-refractivity contribution in [2.75, 3.05) is 14.6 Å². The summed E-state index contributed by atoms with van der Waals surface area (Å²) in [6.07, 6.45) is 4.60. The number of hydrogen-bond donors (Lipinski definition) is 0. The fourth-order valence-corrected chi connectivity index (χ4v) is 14.9. The Labute approximate surface area is 488 Å². The highest BCUT2D eigenvalue weighted by Crippen LogP contribution is 2.56. The van der Waals surface area contributed by atoms with Gasteiger partial charge in [0, 0.05) is 67.6 Å². The number of fused-ring (bicyclic) bond motifs is 11. The van der Waals surface area contributed by atoms with Crippen molar-refractivity contribution in [1.82, 2.24) is 0 Å². The highest BCUT2D eigenvalue weighted by molar-refractivity contribution is 6.94. The molecule has 0 saturated heterocycles. The lowest BCUT2D eigenvalue weighted by molar-refractivity contribution is 0.332. The van der Waals surface area contributed by atoms with E-state index in [2.05, 4.69) is 282 Å². The molecule has 0 N–H and O–H groups in total. The quantitative estimate of drug-likeness (QED) is 0.160. The maximum absolute atomic E-state index is 6.89. The predicted octanol–water partition coefficient (Wildman–Crippen LogP) is 20.5. The van der Waals surface area contributed by atoms with E-state index < -0.39 is 0 Å². The number of aryl methyl sites for hydroxylation is 1. The first-order valence-corrected chi connectivity index (χ1v) is 30.4. The lowest BCUT2D eigenvalue weighted by Crippen LogP contribution is -2.61. The highest BCUT2D eigenvalue weighted by Gasteiger charge is 2.48. The van der Waals surface area contributed by atoms with Crippen molar-refractivity contribution < 1.29 is 4.42 Å². The largest absolute Gasteiger partial charge is 0.456 e. The summed E-state index contributed by atoms with van der Waals surface area (Å²) in [5, 5.41) is 4.76. The lowest BCUT2D eigenvalue weighted by atomic mass is 9.43. The van der Waals surface area contributed by atoms with Crippen LogP contribution in [-0.4, -0.2) is 6.85 Å². The van der Waals surface area contributed by atoms with Gasteiger partial charge in [0.15, 0.2) is 0 Å². The minimum Gasteiger partial charge on any atom is -0.456 e. The zero-order chi connectivity index (χ0) is 57.4. The van der Waals surface area contributed by atoms with Gasteiger partial charge in [-0.2, -0.15) is 0 Å². The topological polar surface area (TPSA) is 22.9 Å². The molecule has 10 aromatic rings. The van der Waals surface area contributed by atoms with E-state index in [0.717, 1.165) is 70.4 Å². The second kappa shape index (κ2) is 17.8. The van der Waals surface area contributed by atoms with E-state index >= 15 is 0 Å². The standard InChI is InChI=1S/C77H80BN3O/c1-47-40-61-63(77(14,15)39-38-75(61,10)11)45-65(47)80-67-43-53(79(51-28-24-49(25-29-51)72(2,3)4)52-30-26-50(27-31-52)73(5,6)7)33-35-64(67)78-70-59(41-48-20-16-17-21-55(48)71(70)80)57-44-58-56-22-18-19-23-68(56)82-69(58)46-66(57)81(78)54-32-34-60-62(42-54)76(12,13)37-36-74(60,8)9/h16-35,40-46H,36-39H2,1-15H3. The van der Waals surface area contributed by atoms with Gasteiger partial charge in [-0.3, -0.25) is 0 Å². The number of para-hydroxylation sites is 1. The molecule has 0 amide bonds. The third-order valence-electron chi connectivity index (χ3n) is 20.2. The monoisotopic (exact) mass is 1070 g/mol. The molecule has 14 rings (SSSR count). The Bertz CT molecular complexity index is 4210. The van der Waals surface area contributed by atoms with Crippen LogP contribution in [-0.2, 0) is 32.5 Å². The number of furan rings is 1. The van der Waals surface area contributed by atoms with Crippen molar-refractivity contribution in [2.45, 2.75) is 162 Å². The van der Waals surface area contributed by atoms with Gasteiger partial charge in [0.2, 0.25) is 0 Å². The summed E-state index contributed by atoms with van der Waals surface area (Å²) in [6.45, 7) is 35.7. The molecular formula is C77H80BN3O. The van der Waals surface area contributed by atoms with Crippen molar-refractivity contribution in [2.24, 2.45) is 0 Å².